The van der Waals surface area contributed by atoms with Crippen LogP contribution in [0.2, 0.25) is 0 Å². The standard InChI is InChI=1S/C12H14N4O3S2/c1-7(10(18)16-11-13-3-4-20-11)21-12-14-8(6-19-2)5-9(17)15-12/h3-5,7H,6H2,1-2H3,(H,13,16,18)(H,14,15,17). The van der Waals surface area contributed by atoms with E-state index >= 15 is 0 Å². The summed E-state index contributed by atoms with van der Waals surface area (Å²) in [6.07, 6.45) is 1.62. The zero-order valence-electron chi connectivity index (χ0n) is 11.5. The maximum atomic E-state index is 12.0. The molecule has 0 aromatic carbocycles. The van der Waals surface area contributed by atoms with Gasteiger partial charge in [-0.1, -0.05) is 11.8 Å². The van der Waals surface area contributed by atoms with E-state index in [-0.39, 0.29) is 18.1 Å². The fourth-order valence-electron chi connectivity index (χ4n) is 1.47. The number of aromatic nitrogens is 3. The fraction of sp³-hybridized carbons (Fsp3) is 0.333. The van der Waals surface area contributed by atoms with Gasteiger partial charge >= 0.3 is 0 Å². The van der Waals surface area contributed by atoms with Crippen LogP contribution in [0.5, 0.6) is 0 Å². The largest absolute Gasteiger partial charge is 0.378 e. The average Bonchev–Trinajstić information content (AvgIpc) is 2.91. The van der Waals surface area contributed by atoms with Crippen molar-refractivity contribution in [1.29, 1.82) is 0 Å². The third-order valence-corrected chi connectivity index (χ3v) is 4.06. The first-order chi connectivity index (χ1) is 10.1. The zero-order valence-corrected chi connectivity index (χ0v) is 13.1. The van der Waals surface area contributed by atoms with Gasteiger partial charge in [-0.15, -0.1) is 11.3 Å². The highest BCUT2D eigenvalue weighted by Crippen LogP contribution is 2.20. The molecule has 0 spiro atoms. The number of rotatable bonds is 6. The SMILES string of the molecule is COCc1cc(=O)[nH]c(SC(C)C(=O)Nc2nccs2)n1. The molecule has 21 heavy (non-hydrogen) atoms. The Morgan fingerprint density at radius 1 is 1.62 bits per heavy atom. The number of ether oxygens (including phenoxy) is 1. The Hall–Kier alpha value is -1.71. The predicted octanol–water partition coefficient (Wildman–Crippen LogP) is 1.49. The molecule has 0 fully saturated rings. The number of H-pyrrole nitrogens is 1. The van der Waals surface area contributed by atoms with Crippen LogP contribution in [0, 0.1) is 0 Å². The molecule has 0 aliphatic heterocycles. The number of nitrogens with zero attached hydrogens (tertiary/aromatic N) is 2. The van der Waals surface area contributed by atoms with E-state index in [2.05, 4.69) is 20.3 Å². The molecule has 0 radical (unpaired) electrons. The third-order valence-electron chi connectivity index (χ3n) is 2.39. The normalized spacial score (nSPS) is 12.1. The number of thioether (sulfide) groups is 1. The molecule has 0 bridgehead atoms. The van der Waals surface area contributed by atoms with Gasteiger partial charge in [-0.25, -0.2) is 9.97 Å². The van der Waals surface area contributed by atoms with E-state index < -0.39 is 5.25 Å². The summed E-state index contributed by atoms with van der Waals surface area (Å²) >= 11 is 2.51. The average molecular weight is 326 g/mol. The van der Waals surface area contributed by atoms with E-state index in [9.17, 15) is 9.59 Å². The molecule has 0 saturated carbocycles. The van der Waals surface area contributed by atoms with Crippen LogP contribution in [0.15, 0.2) is 27.6 Å². The summed E-state index contributed by atoms with van der Waals surface area (Å²) in [4.78, 5) is 34.3. The van der Waals surface area contributed by atoms with Crippen molar-refractivity contribution in [3.63, 3.8) is 0 Å². The highest BCUT2D eigenvalue weighted by Gasteiger charge is 2.17. The highest BCUT2D eigenvalue weighted by molar-refractivity contribution is 8.00. The Bertz CT molecular complexity index is 657. The van der Waals surface area contributed by atoms with Crippen LogP contribution in [0.4, 0.5) is 5.13 Å². The van der Waals surface area contributed by atoms with Crippen molar-refractivity contribution >= 4 is 34.1 Å². The highest BCUT2D eigenvalue weighted by atomic mass is 32.2. The van der Waals surface area contributed by atoms with Crippen LogP contribution >= 0.6 is 23.1 Å². The van der Waals surface area contributed by atoms with Gasteiger partial charge in [-0.05, 0) is 6.92 Å². The number of anilines is 1. The van der Waals surface area contributed by atoms with Gasteiger partial charge in [-0.2, -0.15) is 0 Å². The summed E-state index contributed by atoms with van der Waals surface area (Å²) in [6.45, 7) is 1.98. The maximum absolute atomic E-state index is 12.0. The molecule has 2 aromatic rings. The molecular weight excluding hydrogens is 312 g/mol. The Kier molecular flexibility index (Phi) is 5.48. The van der Waals surface area contributed by atoms with Gasteiger partial charge in [-0.3, -0.25) is 9.59 Å². The first-order valence-electron chi connectivity index (χ1n) is 6.04. The van der Waals surface area contributed by atoms with Crippen molar-refractivity contribution in [2.75, 3.05) is 12.4 Å². The lowest BCUT2D eigenvalue weighted by molar-refractivity contribution is -0.115. The molecule has 1 amide bonds. The molecule has 0 aliphatic rings. The predicted molar refractivity (Wildman–Crippen MR) is 81.6 cm³/mol. The second kappa shape index (κ2) is 7.34. The smallest absolute Gasteiger partial charge is 0.251 e. The quantitative estimate of drug-likeness (QED) is 0.617. The number of carbonyl (C=O) groups excluding carboxylic acids is 1. The number of hydrogen-bond donors (Lipinski definition) is 2. The van der Waals surface area contributed by atoms with E-state index in [4.69, 9.17) is 4.74 Å². The van der Waals surface area contributed by atoms with E-state index in [0.717, 1.165) is 0 Å². The molecular formula is C12H14N4O3S2. The van der Waals surface area contributed by atoms with Crippen molar-refractivity contribution in [2.24, 2.45) is 0 Å². The van der Waals surface area contributed by atoms with Gasteiger partial charge in [0.1, 0.15) is 0 Å². The Balaban J connectivity index is 2.03. The van der Waals surface area contributed by atoms with E-state index in [1.807, 2.05) is 0 Å². The summed E-state index contributed by atoms with van der Waals surface area (Å²) in [5.74, 6) is -0.199. The molecule has 0 saturated heterocycles. The minimum Gasteiger partial charge on any atom is -0.378 e. The van der Waals surface area contributed by atoms with E-state index in [0.29, 0.717) is 16.0 Å². The van der Waals surface area contributed by atoms with Crippen LogP contribution in [-0.2, 0) is 16.1 Å². The lowest BCUT2D eigenvalue weighted by Gasteiger charge is -2.10. The Morgan fingerprint density at radius 2 is 2.43 bits per heavy atom. The molecule has 0 aliphatic carbocycles. The molecule has 112 valence electrons. The van der Waals surface area contributed by atoms with Gasteiger partial charge in [0.15, 0.2) is 10.3 Å². The molecule has 2 aromatic heterocycles. The summed E-state index contributed by atoms with van der Waals surface area (Å²) in [7, 11) is 1.53. The summed E-state index contributed by atoms with van der Waals surface area (Å²) in [6, 6.07) is 1.37. The molecule has 2 heterocycles. The molecule has 2 N–H and O–H groups in total. The number of thiazole rings is 1. The first kappa shape index (κ1) is 15.7. The summed E-state index contributed by atoms with van der Waals surface area (Å²) in [5, 5.41) is 4.99. The summed E-state index contributed by atoms with van der Waals surface area (Å²) < 4.78 is 4.95. The number of nitrogens with one attached hydrogen (secondary N) is 2. The molecule has 7 nitrogen and oxygen atoms in total. The zero-order chi connectivity index (χ0) is 15.2. The number of hydrogen-bond acceptors (Lipinski definition) is 7. The van der Waals surface area contributed by atoms with Gasteiger partial charge in [0.05, 0.1) is 17.6 Å². The summed E-state index contributed by atoms with van der Waals surface area (Å²) in [5.41, 5.74) is 0.253. The van der Waals surface area contributed by atoms with Crippen LogP contribution in [0.1, 0.15) is 12.6 Å². The topological polar surface area (TPSA) is 97.0 Å². The van der Waals surface area contributed by atoms with Crippen molar-refractivity contribution in [3.05, 3.63) is 33.7 Å². The van der Waals surface area contributed by atoms with Crippen molar-refractivity contribution in [2.45, 2.75) is 23.9 Å². The first-order valence-corrected chi connectivity index (χ1v) is 7.80. The Morgan fingerprint density at radius 3 is 3.10 bits per heavy atom. The minimum atomic E-state index is -0.421. The van der Waals surface area contributed by atoms with Crippen LogP contribution < -0.4 is 10.9 Å². The van der Waals surface area contributed by atoms with Crippen LogP contribution in [0.25, 0.3) is 0 Å². The van der Waals surface area contributed by atoms with Crippen molar-refractivity contribution < 1.29 is 9.53 Å². The monoisotopic (exact) mass is 326 g/mol. The second-order valence-electron chi connectivity index (χ2n) is 4.06. The molecule has 9 heteroatoms. The van der Waals surface area contributed by atoms with Gasteiger partial charge in [0.2, 0.25) is 5.91 Å². The number of methoxy groups -OCH3 is 1. The Labute approximate surface area is 129 Å². The van der Waals surface area contributed by atoms with Crippen LogP contribution in [-0.4, -0.2) is 33.2 Å². The number of amides is 1. The van der Waals surface area contributed by atoms with Crippen molar-refractivity contribution in [1.82, 2.24) is 15.0 Å². The molecule has 2 rings (SSSR count). The lowest BCUT2D eigenvalue weighted by atomic mass is 10.4. The maximum Gasteiger partial charge on any atom is 0.251 e. The fourth-order valence-corrected chi connectivity index (χ4v) is 2.84. The lowest BCUT2D eigenvalue weighted by Crippen LogP contribution is -2.23. The third kappa shape index (κ3) is 4.66. The second-order valence-corrected chi connectivity index (χ2v) is 6.29. The molecule has 1 unspecified atom stereocenters. The van der Waals surface area contributed by atoms with E-state index in [1.165, 1.54) is 36.3 Å². The van der Waals surface area contributed by atoms with Crippen LogP contribution in [0.3, 0.4) is 0 Å². The van der Waals surface area contributed by atoms with E-state index in [1.54, 1.807) is 18.5 Å². The van der Waals surface area contributed by atoms with Gasteiger partial charge in [0.25, 0.3) is 5.56 Å². The molecule has 1 atom stereocenters. The minimum absolute atomic E-state index is 0.199. The van der Waals surface area contributed by atoms with Crippen molar-refractivity contribution in [3.8, 4) is 0 Å². The van der Waals surface area contributed by atoms with Gasteiger partial charge < -0.3 is 15.0 Å². The van der Waals surface area contributed by atoms with Gasteiger partial charge in [0, 0.05) is 24.8 Å². The number of carbonyl (C=O) groups is 1. The number of aromatic amines is 1.